The van der Waals surface area contributed by atoms with Crippen molar-refractivity contribution in [2.75, 3.05) is 0 Å². The Morgan fingerprint density at radius 3 is 1.77 bits per heavy atom. The Morgan fingerprint density at radius 1 is 0.750 bits per heavy atom. The molecule has 0 aliphatic rings. The second kappa shape index (κ2) is 14.1. The van der Waals surface area contributed by atoms with Crippen LogP contribution in [0.1, 0.15) is 56.4 Å². The van der Waals surface area contributed by atoms with Gasteiger partial charge in [-0.3, -0.25) is 10.1 Å². The van der Waals surface area contributed by atoms with Gasteiger partial charge >= 0.3 is 12.1 Å². The quantitative estimate of drug-likeness (QED) is 0.0478. The van der Waals surface area contributed by atoms with E-state index in [-0.39, 0.29) is 17.2 Å². The molecule has 0 radical (unpaired) electrons. The molecule has 8 heteroatoms. The number of nitrogens with zero attached hydrogens (tertiary/aromatic N) is 1. The van der Waals surface area contributed by atoms with Gasteiger partial charge in [-0.2, -0.15) is 0 Å². The molecule has 0 saturated carbocycles. The van der Waals surface area contributed by atoms with Gasteiger partial charge in [0.1, 0.15) is 17.1 Å². The van der Waals surface area contributed by atoms with Crippen LogP contribution in [0.3, 0.4) is 0 Å². The van der Waals surface area contributed by atoms with Gasteiger partial charge in [-0.15, -0.1) is 0 Å². The minimum absolute atomic E-state index is 0.112. The zero-order valence-corrected chi connectivity index (χ0v) is 25.0. The summed E-state index contributed by atoms with van der Waals surface area (Å²) in [6, 6.07) is 30.3. The summed E-state index contributed by atoms with van der Waals surface area (Å²) in [5.41, 5.74) is 5.31. The molecule has 44 heavy (non-hydrogen) atoms. The number of hydrogen-bond acceptors (Lipinski definition) is 7. The zero-order chi connectivity index (χ0) is 31.7. The Kier molecular flexibility index (Phi) is 10.1. The topological polar surface area (TPSA) is 105 Å². The van der Waals surface area contributed by atoms with Crippen LogP contribution in [0.25, 0.3) is 17.2 Å². The molecule has 4 aromatic rings. The number of esters is 1. The summed E-state index contributed by atoms with van der Waals surface area (Å²) in [5.74, 6) is 0.00103. The molecule has 0 heterocycles. The monoisotopic (exact) mass is 591 g/mol. The number of nitro benzene ring substituents is 1. The normalized spacial score (nSPS) is 11.9. The number of ether oxygens (including phenoxy) is 3. The molecular formula is C36H33NO7. The van der Waals surface area contributed by atoms with E-state index in [9.17, 15) is 19.7 Å². The van der Waals surface area contributed by atoms with Crippen molar-refractivity contribution >= 4 is 35.0 Å². The standard InChI is InChI=1S/C36H33NO7/c1-5-32(26-9-7-6-8-10-26)34(27-14-11-25(12-15-27)13-24-33(38)44-36(2,3)4)28-16-20-30(21-17-28)42-35(39)43-31-22-18-29(19-23-31)37(40)41/h6-24H,5H2,1-4H3. The summed E-state index contributed by atoms with van der Waals surface area (Å²) in [4.78, 5) is 34.8. The minimum atomic E-state index is -0.962. The Labute approximate surface area is 256 Å². The summed E-state index contributed by atoms with van der Waals surface area (Å²) in [6.45, 7) is 7.58. The van der Waals surface area contributed by atoms with Crippen LogP contribution >= 0.6 is 0 Å². The second-order valence-electron chi connectivity index (χ2n) is 10.8. The molecule has 0 fully saturated rings. The molecule has 0 aliphatic carbocycles. The Balaban J connectivity index is 1.59. The maximum atomic E-state index is 12.4. The lowest BCUT2D eigenvalue weighted by molar-refractivity contribution is -0.384. The number of rotatable bonds is 9. The van der Waals surface area contributed by atoms with Crippen LogP contribution in [0.2, 0.25) is 0 Å². The van der Waals surface area contributed by atoms with Crippen LogP contribution in [0.5, 0.6) is 11.5 Å². The van der Waals surface area contributed by atoms with Gasteiger partial charge in [-0.05, 0) is 90.9 Å². The molecule has 0 spiro atoms. The average Bonchev–Trinajstić information content (AvgIpc) is 2.99. The number of carbonyl (C=O) groups excluding carboxylic acids is 2. The van der Waals surface area contributed by atoms with Gasteiger partial charge in [0, 0.05) is 18.2 Å². The van der Waals surface area contributed by atoms with Gasteiger partial charge in [0.25, 0.3) is 5.69 Å². The third kappa shape index (κ3) is 8.75. The molecule has 0 saturated heterocycles. The van der Waals surface area contributed by atoms with Crippen molar-refractivity contribution < 1.29 is 28.7 Å². The molecule has 224 valence electrons. The molecule has 0 N–H and O–H groups in total. The van der Waals surface area contributed by atoms with Crippen molar-refractivity contribution in [1.29, 1.82) is 0 Å². The summed E-state index contributed by atoms with van der Waals surface area (Å²) in [7, 11) is 0. The summed E-state index contributed by atoms with van der Waals surface area (Å²) < 4.78 is 15.9. The zero-order valence-electron chi connectivity index (χ0n) is 25.0. The molecule has 0 aromatic heterocycles. The van der Waals surface area contributed by atoms with Crippen LogP contribution in [-0.4, -0.2) is 22.6 Å². The van der Waals surface area contributed by atoms with Crippen LogP contribution in [0.15, 0.2) is 109 Å². The van der Waals surface area contributed by atoms with Gasteiger partial charge in [0.15, 0.2) is 0 Å². The average molecular weight is 592 g/mol. The molecule has 0 aliphatic heterocycles. The van der Waals surface area contributed by atoms with Gasteiger partial charge in [-0.25, -0.2) is 9.59 Å². The highest BCUT2D eigenvalue weighted by molar-refractivity contribution is 5.98. The molecule has 0 bridgehead atoms. The molecule has 0 unspecified atom stereocenters. The van der Waals surface area contributed by atoms with Crippen LogP contribution < -0.4 is 9.47 Å². The Hall–Kier alpha value is -5.50. The minimum Gasteiger partial charge on any atom is -0.457 e. The third-order valence-electron chi connectivity index (χ3n) is 6.39. The van der Waals surface area contributed by atoms with Crippen LogP contribution in [0.4, 0.5) is 10.5 Å². The maximum Gasteiger partial charge on any atom is 0.519 e. The summed E-state index contributed by atoms with van der Waals surface area (Å²) in [5, 5.41) is 10.8. The van der Waals surface area contributed by atoms with Crippen LogP contribution in [-0.2, 0) is 9.53 Å². The van der Waals surface area contributed by atoms with Gasteiger partial charge in [0.05, 0.1) is 4.92 Å². The molecule has 4 rings (SSSR count). The van der Waals surface area contributed by atoms with Crippen molar-refractivity contribution in [2.24, 2.45) is 0 Å². The molecule has 8 nitrogen and oxygen atoms in total. The van der Waals surface area contributed by atoms with E-state index in [1.165, 1.54) is 30.3 Å². The first-order valence-corrected chi connectivity index (χ1v) is 14.1. The van der Waals surface area contributed by atoms with Gasteiger partial charge < -0.3 is 14.2 Å². The Morgan fingerprint density at radius 2 is 1.27 bits per heavy atom. The first kappa shape index (κ1) is 31.4. The number of hydrogen-bond donors (Lipinski definition) is 0. The highest BCUT2D eigenvalue weighted by atomic mass is 16.7. The fourth-order valence-electron chi connectivity index (χ4n) is 4.48. The predicted molar refractivity (Wildman–Crippen MR) is 170 cm³/mol. The van der Waals surface area contributed by atoms with E-state index in [0.29, 0.717) is 0 Å². The van der Waals surface area contributed by atoms with Crippen molar-refractivity contribution in [3.8, 4) is 11.5 Å². The molecule has 4 aromatic carbocycles. The number of non-ortho nitro benzene ring substituents is 1. The van der Waals surface area contributed by atoms with Crippen molar-refractivity contribution in [3.63, 3.8) is 0 Å². The van der Waals surface area contributed by atoms with Crippen molar-refractivity contribution in [1.82, 2.24) is 0 Å². The Bertz CT molecular complexity index is 1660. The molecule has 0 amide bonds. The van der Waals surface area contributed by atoms with Crippen molar-refractivity contribution in [2.45, 2.75) is 39.7 Å². The fourth-order valence-corrected chi connectivity index (χ4v) is 4.48. The van der Waals surface area contributed by atoms with Gasteiger partial charge in [-0.1, -0.05) is 73.7 Å². The lowest BCUT2D eigenvalue weighted by atomic mass is 9.88. The molecule has 0 atom stereocenters. The van der Waals surface area contributed by atoms with E-state index in [1.54, 1.807) is 18.2 Å². The highest BCUT2D eigenvalue weighted by Crippen LogP contribution is 2.35. The van der Waals surface area contributed by atoms with E-state index >= 15 is 0 Å². The van der Waals surface area contributed by atoms with E-state index in [0.717, 1.165) is 39.8 Å². The summed E-state index contributed by atoms with van der Waals surface area (Å²) >= 11 is 0. The lowest BCUT2D eigenvalue weighted by Crippen LogP contribution is -2.22. The number of benzene rings is 4. The predicted octanol–water partition coefficient (Wildman–Crippen LogP) is 8.90. The first-order chi connectivity index (χ1) is 21.0. The maximum absolute atomic E-state index is 12.4. The highest BCUT2D eigenvalue weighted by Gasteiger charge is 2.16. The number of nitro groups is 1. The number of carbonyl (C=O) groups is 2. The van der Waals surface area contributed by atoms with Crippen LogP contribution in [0, 0.1) is 10.1 Å². The van der Waals surface area contributed by atoms with Crippen molar-refractivity contribution in [3.05, 3.63) is 142 Å². The van der Waals surface area contributed by atoms with E-state index in [1.807, 2.05) is 75.4 Å². The van der Waals surface area contributed by atoms with E-state index in [4.69, 9.17) is 14.2 Å². The second-order valence-corrected chi connectivity index (χ2v) is 10.8. The smallest absolute Gasteiger partial charge is 0.457 e. The summed E-state index contributed by atoms with van der Waals surface area (Å²) in [6.07, 6.45) is 2.94. The largest absolute Gasteiger partial charge is 0.519 e. The van der Waals surface area contributed by atoms with E-state index < -0.39 is 22.6 Å². The molecular weight excluding hydrogens is 558 g/mol. The van der Waals surface area contributed by atoms with Gasteiger partial charge in [0.2, 0.25) is 0 Å². The lowest BCUT2D eigenvalue weighted by Gasteiger charge is -2.18. The number of allylic oxidation sites excluding steroid dienone is 1. The van der Waals surface area contributed by atoms with E-state index in [2.05, 4.69) is 19.1 Å². The fraction of sp³-hybridized carbons (Fsp3) is 0.167. The SMILES string of the molecule is CCC(=C(c1ccc(C=CC(=O)OC(C)(C)C)cc1)c1ccc(OC(=O)Oc2ccc([N+](=O)[O-])cc2)cc1)c1ccccc1. The first-order valence-electron chi connectivity index (χ1n) is 14.1. The third-order valence-corrected chi connectivity index (χ3v) is 6.39.